The zero-order valence-electron chi connectivity index (χ0n) is 28.5. The maximum Gasteiger partial charge on any atom is 0.163 e. The Bertz CT molecular complexity index is 1600. The van der Waals surface area contributed by atoms with Crippen molar-refractivity contribution in [2.45, 2.75) is 98.8 Å². The van der Waals surface area contributed by atoms with Crippen molar-refractivity contribution in [2.75, 3.05) is 0 Å². The first kappa shape index (κ1) is 35.8. The van der Waals surface area contributed by atoms with Gasteiger partial charge in [-0.3, -0.25) is 28.8 Å². The number of carbonyl (C=O) groups is 6. The maximum atomic E-state index is 14.1. The minimum atomic E-state index is -0.810. The summed E-state index contributed by atoms with van der Waals surface area (Å²) in [6, 6.07) is 9.43. The highest BCUT2D eigenvalue weighted by Gasteiger charge is 2.35. The van der Waals surface area contributed by atoms with Crippen molar-refractivity contribution >= 4 is 34.7 Å². The molecule has 0 heterocycles. The van der Waals surface area contributed by atoms with E-state index in [0.29, 0.717) is 36.8 Å². The third-order valence-corrected chi connectivity index (χ3v) is 9.99. The molecule has 2 aliphatic carbocycles. The molecule has 0 saturated carbocycles. The molecule has 0 fully saturated rings. The number of hydrogen-bond donors (Lipinski definition) is 0. The molecule has 248 valence electrons. The number of carbonyl (C=O) groups excluding carboxylic acids is 6. The summed E-state index contributed by atoms with van der Waals surface area (Å²) in [4.78, 5) is 77.8. The maximum absolute atomic E-state index is 14.1. The molecule has 0 saturated heterocycles. The normalized spacial score (nSPS) is 19.6. The Labute approximate surface area is 279 Å². The number of hydrogen-bond acceptors (Lipinski definition) is 6. The largest absolute Gasteiger partial charge is 0.300 e. The molecule has 2 aliphatic rings. The van der Waals surface area contributed by atoms with Gasteiger partial charge in [0.1, 0.15) is 23.1 Å². The van der Waals surface area contributed by atoms with E-state index >= 15 is 0 Å². The second-order valence-electron chi connectivity index (χ2n) is 13.5. The summed E-state index contributed by atoms with van der Waals surface area (Å²) in [6.45, 7) is 8.99. The van der Waals surface area contributed by atoms with Crippen LogP contribution in [-0.2, 0) is 32.0 Å². The summed E-state index contributed by atoms with van der Waals surface area (Å²) < 4.78 is 0. The molecule has 3 unspecified atom stereocenters. The van der Waals surface area contributed by atoms with Crippen molar-refractivity contribution in [3.63, 3.8) is 0 Å². The van der Waals surface area contributed by atoms with Gasteiger partial charge in [0.05, 0.1) is 12.3 Å². The molecular formula is C41H48O6. The molecule has 0 aliphatic heterocycles. The van der Waals surface area contributed by atoms with Crippen molar-refractivity contribution in [3.05, 3.63) is 82.5 Å². The predicted molar refractivity (Wildman–Crippen MR) is 185 cm³/mol. The molecule has 0 bridgehead atoms. The van der Waals surface area contributed by atoms with Crippen LogP contribution in [0.4, 0.5) is 0 Å². The van der Waals surface area contributed by atoms with Crippen molar-refractivity contribution in [2.24, 2.45) is 23.7 Å². The quantitative estimate of drug-likeness (QED) is 0.162. The highest BCUT2D eigenvalue weighted by Crippen LogP contribution is 2.42. The van der Waals surface area contributed by atoms with E-state index in [0.717, 1.165) is 40.7 Å². The first-order chi connectivity index (χ1) is 22.4. The number of Topliss-reactive ketones (excluding diaryl/α,β-unsaturated/α-hetero) is 6. The van der Waals surface area contributed by atoms with Crippen molar-refractivity contribution in [3.8, 4) is 11.1 Å². The summed E-state index contributed by atoms with van der Waals surface area (Å²) in [5.74, 6) is -1.39. The zero-order valence-corrected chi connectivity index (χ0v) is 28.5. The van der Waals surface area contributed by atoms with Gasteiger partial charge in [-0.2, -0.15) is 0 Å². The predicted octanol–water partition coefficient (Wildman–Crippen LogP) is 8.19. The van der Waals surface area contributed by atoms with Crippen LogP contribution >= 0.6 is 0 Å². The van der Waals surface area contributed by atoms with Gasteiger partial charge in [0.2, 0.25) is 0 Å². The van der Waals surface area contributed by atoms with E-state index in [1.165, 1.54) is 13.8 Å². The lowest BCUT2D eigenvalue weighted by molar-refractivity contribution is -0.132. The van der Waals surface area contributed by atoms with Gasteiger partial charge in [0.15, 0.2) is 11.6 Å². The second-order valence-corrected chi connectivity index (χ2v) is 13.5. The smallest absolute Gasteiger partial charge is 0.163 e. The zero-order chi connectivity index (χ0) is 34.2. The average Bonchev–Trinajstić information content (AvgIpc) is 3.09. The van der Waals surface area contributed by atoms with Crippen molar-refractivity contribution in [1.82, 2.24) is 0 Å². The Kier molecular flexibility index (Phi) is 12.3. The van der Waals surface area contributed by atoms with E-state index in [4.69, 9.17) is 0 Å². The van der Waals surface area contributed by atoms with E-state index in [9.17, 15) is 28.8 Å². The molecule has 47 heavy (non-hydrogen) atoms. The molecule has 0 radical (unpaired) electrons. The van der Waals surface area contributed by atoms with Crippen LogP contribution in [0.15, 0.2) is 54.6 Å². The van der Waals surface area contributed by atoms with Crippen LogP contribution in [-0.4, -0.2) is 34.7 Å². The van der Waals surface area contributed by atoms with Gasteiger partial charge in [0, 0.05) is 36.3 Å². The highest BCUT2D eigenvalue weighted by molar-refractivity contribution is 6.05. The Balaban J connectivity index is 1.79. The van der Waals surface area contributed by atoms with Crippen LogP contribution in [0.3, 0.4) is 0 Å². The topological polar surface area (TPSA) is 102 Å². The minimum absolute atomic E-state index is 0.0109. The van der Waals surface area contributed by atoms with Crippen LogP contribution < -0.4 is 0 Å². The monoisotopic (exact) mass is 636 g/mol. The fraction of sp³-hybridized carbons (Fsp3) is 0.463. The number of rotatable bonds is 13. The van der Waals surface area contributed by atoms with Crippen molar-refractivity contribution in [1.29, 1.82) is 0 Å². The lowest BCUT2D eigenvalue weighted by atomic mass is 9.70. The summed E-state index contributed by atoms with van der Waals surface area (Å²) >= 11 is 0. The molecule has 4 rings (SSSR count). The number of benzene rings is 2. The standard InChI is InChI=1S/C41H48O6/c1-6-13-30(33(7-2)39(46)18-25(3)42)19-28-20-35-34(31-15-12-14-29(22-31)27(5)43)23-32(26(4)41(35)40(47)21-28)24-36-37(44)16-10-8-9-11-17-38(36)45/h8-12,14-15,22-23,28,30,33,36H,6-7,13,16-21,24H2,1-5H3/b10-8-,11-9-. The second kappa shape index (κ2) is 16.2. The number of ketones is 6. The molecular weight excluding hydrogens is 588 g/mol. The fourth-order valence-electron chi connectivity index (χ4n) is 7.67. The first-order valence-corrected chi connectivity index (χ1v) is 17.1. The first-order valence-electron chi connectivity index (χ1n) is 17.1. The van der Waals surface area contributed by atoms with Crippen LogP contribution in [0.25, 0.3) is 11.1 Å². The van der Waals surface area contributed by atoms with Crippen LogP contribution in [0.2, 0.25) is 0 Å². The Hall–Kier alpha value is -4.06. The molecule has 2 aromatic carbocycles. The van der Waals surface area contributed by atoms with E-state index in [1.807, 2.05) is 38.1 Å². The SMILES string of the molecule is CCCC(CC1CC(=O)c2c(C)c(CC3C(=O)C/C=C\C=C/CC3=O)cc(-c3cccc(C(C)=O)c3)c2C1)C(CC)C(=O)CC(C)=O. The van der Waals surface area contributed by atoms with Crippen LogP contribution in [0.5, 0.6) is 0 Å². The lowest BCUT2D eigenvalue weighted by Crippen LogP contribution is -2.30. The van der Waals surface area contributed by atoms with E-state index < -0.39 is 5.92 Å². The van der Waals surface area contributed by atoms with E-state index in [2.05, 4.69) is 6.92 Å². The summed E-state index contributed by atoms with van der Waals surface area (Å²) in [7, 11) is 0. The molecule has 0 spiro atoms. The third-order valence-electron chi connectivity index (χ3n) is 9.99. The molecule has 0 amide bonds. The Morgan fingerprint density at radius 3 is 2.19 bits per heavy atom. The fourth-order valence-corrected chi connectivity index (χ4v) is 7.67. The molecule has 0 N–H and O–H groups in total. The van der Waals surface area contributed by atoms with Gasteiger partial charge in [0.25, 0.3) is 0 Å². The summed E-state index contributed by atoms with van der Waals surface area (Å²) in [6.07, 6.45) is 11.7. The van der Waals surface area contributed by atoms with Gasteiger partial charge in [-0.25, -0.2) is 0 Å². The number of fused-ring (bicyclic) bond motifs is 1. The van der Waals surface area contributed by atoms with Gasteiger partial charge in [-0.05, 0) is 92.2 Å². The molecule has 0 aromatic heterocycles. The van der Waals surface area contributed by atoms with E-state index in [-0.39, 0.29) is 78.1 Å². The summed E-state index contributed by atoms with van der Waals surface area (Å²) in [5, 5.41) is 0. The summed E-state index contributed by atoms with van der Waals surface area (Å²) in [5.41, 5.74) is 5.39. The average molecular weight is 637 g/mol. The Morgan fingerprint density at radius 1 is 0.915 bits per heavy atom. The van der Waals surface area contributed by atoms with Gasteiger partial charge in [-0.15, -0.1) is 0 Å². The van der Waals surface area contributed by atoms with Crippen LogP contribution in [0.1, 0.15) is 116 Å². The Morgan fingerprint density at radius 2 is 1.60 bits per heavy atom. The van der Waals surface area contributed by atoms with E-state index in [1.54, 1.807) is 30.4 Å². The van der Waals surface area contributed by atoms with Crippen molar-refractivity contribution < 1.29 is 28.8 Å². The third kappa shape index (κ3) is 8.65. The van der Waals surface area contributed by atoms with Crippen LogP contribution in [0, 0.1) is 30.6 Å². The number of allylic oxidation sites excluding steroid dienone is 4. The lowest BCUT2D eigenvalue weighted by Gasteiger charge is -2.33. The molecule has 6 nitrogen and oxygen atoms in total. The molecule has 6 heteroatoms. The highest BCUT2D eigenvalue weighted by atomic mass is 16.2. The molecule has 3 atom stereocenters. The molecule has 2 aromatic rings. The van der Waals surface area contributed by atoms with Gasteiger partial charge in [-0.1, -0.05) is 75.3 Å². The minimum Gasteiger partial charge on any atom is -0.300 e. The van der Waals surface area contributed by atoms with Gasteiger partial charge < -0.3 is 0 Å². The van der Waals surface area contributed by atoms with Gasteiger partial charge >= 0.3 is 0 Å².